The van der Waals surface area contributed by atoms with Gasteiger partial charge in [0.25, 0.3) is 0 Å². The zero-order chi connectivity index (χ0) is 9.56. The van der Waals surface area contributed by atoms with E-state index in [2.05, 4.69) is 0 Å². The first-order valence-corrected chi connectivity index (χ1v) is 4.64. The quantitative estimate of drug-likeness (QED) is 0.663. The zero-order valence-electron chi connectivity index (χ0n) is 8.21. The lowest BCUT2D eigenvalue weighted by molar-refractivity contribution is -0.143. The second-order valence-electron chi connectivity index (χ2n) is 2.86. The first kappa shape index (κ1) is 11.4. The van der Waals surface area contributed by atoms with E-state index in [1.54, 1.807) is 0 Å². The molecule has 0 aliphatic rings. The number of likely N-dealkylation sites (N-methyl/N-ethyl adjacent to an activating group) is 1. The van der Waals surface area contributed by atoms with E-state index in [0.717, 1.165) is 25.9 Å². The maximum absolute atomic E-state index is 10.8. The van der Waals surface area contributed by atoms with Crippen LogP contribution in [-0.2, 0) is 4.79 Å². The van der Waals surface area contributed by atoms with Crippen LogP contribution in [0.1, 0.15) is 33.6 Å². The van der Waals surface area contributed by atoms with Crippen molar-refractivity contribution in [1.29, 1.82) is 0 Å². The van der Waals surface area contributed by atoms with Crippen LogP contribution in [0, 0.1) is 0 Å². The van der Waals surface area contributed by atoms with E-state index < -0.39 is 5.97 Å². The SMILES string of the molecule is CCC[C@@H](C(=O)O)N(CC)CC. The fourth-order valence-electron chi connectivity index (χ4n) is 1.40. The molecule has 0 bridgehead atoms. The molecule has 0 saturated carbocycles. The number of rotatable bonds is 6. The van der Waals surface area contributed by atoms with Crippen molar-refractivity contribution in [2.45, 2.75) is 39.7 Å². The summed E-state index contributed by atoms with van der Waals surface area (Å²) in [4.78, 5) is 12.8. The van der Waals surface area contributed by atoms with Crippen LogP contribution in [-0.4, -0.2) is 35.1 Å². The third-order valence-corrected chi connectivity index (χ3v) is 2.10. The zero-order valence-corrected chi connectivity index (χ0v) is 8.21. The molecular weight excluding hydrogens is 154 g/mol. The van der Waals surface area contributed by atoms with Gasteiger partial charge in [-0.15, -0.1) is 0 Å². The van der Waals surface area contributed by atoms with Gasteiger partial charge in [0.15, 0.2) is 0 Å². The molecule has 0 fully saturated rings. The summed E-state index contributed by atoms with van der Waals surface area (Å²) in [5.41, 5.74) is 0. The Morgan fingerprint density at radius 1 is 1.33 bits per heavy atom. The summed E-state index contributed by atoms with van der Waals surface area (Å²) in [5.74, 6) is -0.694. The molecule has 0 aliphatic heterocycles. The van der Waals surface area contributed by atoms with Gasteiger partial charge >= 0.3 is 5.97 Å². The van der Waals surface area contributed by atoms with Crippen molar-refractivity contribution < 1.29 is 9.90 Å². The van der Waals surface area contributed by atoms with Crippen molar-refractivity contribution in [3.63, 3.8) is 0 Å². The average Bonchev–Trinajstić information content (AvgIpc) is 2.05. The van der Waals surface area contributed by atoms with Gasteiger partial charge in [0.05, 0.1) is 0 Å². The van der Waals surface area contributed by atoms with E-state index in [4.69, 9.17) is 5.11 Å². The summed E-state index contributed by atoms with van der Waals surface area (Å²) in [6.07, 6.45) is 1.67. The molecule has 0 unspecified atom stereocenters. The van der Waals surface area contributed by atoms with Crippen molar-refractivity contribution in [3.8, 4) is 0 Å². The normalized spacial score (nSPS) is 13.3. The highest BCUT2D eigenvalue weighted by molar-refractivity contribution is 5.73. The fourth-order valence-corrected chi connectivity index (χ4v) is 1.40. The van der Waals surface area contributed by atoms with Crippen LogP contribution in [0.3, 0.4) is 0 Å². The molecule has 0 aliphatic carbocycles. The van der Waals surface area contributed by atoms with Crippen LogP contribution in [0.5, 0.6) is 0 Å². The van der Waals surface area contributed by atoms with Gasteiger partial charge in [0.2, 0.25) is 0 Å². The van der Waals surface area contributed by atoms with Crippen LogP contribution in [0.15, 0.2) is 0 Å². The predicted octanol–water partition coefficient (Wildman–Crippen LogP) is 1.58. The number of nitrogens with zero attached hydrogens (tertiary/aromatic N) is 1. The van der Waals surface area contributed by atoms with Gasteiger partial charge in [-0.3, -0.25) is 9.69 Å². The molecule has 0 radical (unpaired) electrons. The Morgan fingerprint density at radius 2 is 1.83 bits per heavy atom. The smallest absolute Gasteiger partial charge is 0.320 e. The molecule has 0 aromatic carbocycles. The first-order chi connectivity index (χ1) is 5.67. The molecular formula is C9H19NO2. The number of carboxylic acid groups (broad SMARTS) is 1. The van der Waals surface area contributed by atoms with Crippen molar-refractivity contribution in [3.05, 3.63) is 0 Å². The number of hydrogen-bond acceptors (Lipinski definition) is 2. The van der Waals surface area contributed by atoms with Crippen LogP contribution < -0.4 is 0 Å². The molecule has 3 heteroatoms. The van der Waals surface area contributed by atoms with Gasteiger partial charge in [-0.05, 0) is 19.5 Å². The second-order valence-corrected chi connectivity index (χ2v) is 2.86. The summed E-state index contributed by atoms with van der Waals surface area (Å²) in [6, 6.07) is -0.287. The summed E-state index contributed by atoms with van der Waals surface area (Å²) < 4.78 is 0. The Bertz CT molecular complexity index is 132. The molecule has 1 atom stereocenters. The monoisotopic (exact) mass is 173 g/mol. The molecule has 0 aromatic heterocycles. The van der Waals surface area contributed by atoms with Crippen LogP contribution in [0.4, 0.5) is 0 Å². The van der Waals surface area contributed by atoms with Crippen molar-refractivity contribution >= 4 is 5.97 Å². The summed E-state index contributed by atoms with van der Waals surface area (Å²) in [7, 11) is 0. The van der Waals surface area contributed by atoms with E-state index in [0.29, 0.717) is 0 Å². The van der Waals surface area contributed by atoms with E-state index >= 15 is 0 Å². The lowest BCUT2D eigenvalue weighted by atomic mass is 10.1. The first-order valence-electron chi connectivity index (χ1n) is 4.64. The molecule has 0 saturated heterocycles. The average molecular weight is 173 g/mol. The van der Waals surface area contributed by atoms with Crippen molar-refractivity contribution in [2.75, 3.05) is 13.1 Å². The van der Waals surface area contributed by atoms with Gasteiger partial charge < -0.3 is 5.11 Å². The number of hydrogen-bond donors (Lipinski definition) is 1. The largest absolute Gasteiger partial charge is 0.480 e. The highest BCUT2D eigenvalue weighted by Gasteiger charge is 2.21. The lowest BCUT2D eigenvalue weighted by Gasteiger charge is -2.25. The predicted molar refractivity (Wildman–Crippen MR) is 49.3 cm³/mol. The minimum absolute atomic E-state index is 0.287. The maximum atomic E-state index is 10.8. The molecule has 0 rings (SSSR count). The van der Waals surface area contributed by atoms with E-state index in [1.807, 2.05) is 25.7 Å². The van der Waals surface area contributed by atoms with Crippen molar-refractivity contribution in [2.24, 2.45) is 0 Å². The molecule has 0 amide bonds. The maximum Gasteiger partial charge on any atom is 0.320 e. The van der Waals surface area contributed by atoms with Gasteiger partial charge in [-0.1, -0.05) is 27.2 Å². The molecule has 0 aromatic rings. The summed E-state index contributed by atoms with van der Waals surface area (Å²) in [5, 5.41) is 8.90. The van der Waals surface area contributed by atoms with Gasteiger partial charge in [-0.25, -0.2) is 0 Å². The Kier molecular flexibility index (Phi) is 5.72. The molecule has 3 nitrogen and oxygen atoms in total. The Balaban J connectivity index is 4.15. The summed E-state index contributed by atoms with van der Waals surface area (Å²) >= 11 is 0. The fraction of sp³-hybridized carbons (Fsp3) is 0.889. The molecule has 0 spiro atoms. The number of carboxylic acids is 1. The highest BCUT2D eigenvalue weighted by Crippen LogP contribution is 2.06. The molecule has 0 heterocycles. The van der Waals surface area contributed by atoms with Crippen LogP contribution in [0.2, 0.25) is 0 Å². The van der Waals surface area contributed by atoms with E-state index in [1.165, 1.54) is 0 Å². The number of aliphatic carboxylic acids is 1. The highest BCUT2D eigenvalue weighted by atomic mass is 16.4. The minimum atomic E-state index is -0.694. The van der Waals surface area contributed by atoms with Crippen molar-refractivity contribution in [1.82, 2.24) is 4.90 Å². The molecule has 12 heavy (non-hydrogen) atoms. The van der Waals surface area contributed by atoms with Gasteiger partial charge in [0.1, 0.15) is 6.04 Å². The topological polar surface area (TPSA) is 40.5 Å². The third kappa shape index (κ3) is 3.22. The van der Waals surface area contributed by atoms with Crippen LogP contribution in [0.25, 0.3) is 0 Å². The second kappa shape index (κ2) is 6.00. The Hall–Kier alpha value is -0.570. The number of carbonyl (C=O) groups is 1. The van der Waals surface area contributed by atoms with Crippen LogP contribution >= 0.6 is 0 Å². The lowest BCUT2D eigenvalue weighted by Crippen LogP contribution is -2.40. The minimum Gasteiger partial charge on any atom is -0.480 e. The summed E-state index contributed by atoms with van der Waals surface area (Å²) in [6.45, 7) is 7.63. The Labute approximate surface area is 74.4 Å². The molecule has 72 valence electrons. The molecule has 1 N–H and O–H groups in total. The van der Waals surface area contributed by atoms with Gasteiger partial charge in [0, 0.05) is 0 Å². The Morgan fingerprint density at radius 3 is 2.08 bits per heavy atom. The third-order valence-electron chi connectivity index (χ3n) is 2.10. The standard InChI is InChI=1S/C9H19NO2/c1-4-7-8(9(11)12)10(5-2)6-3/h8H,4-7H2,1-3H3,(H,11,12)/t8-/m0/s1. The van der Waals surface area contributed by atoms with E-state index in [-0.39, 0.29) is 6.04 Å². The van der Waals surface area contributed by atoms with Gasteiger partial charge in [-0.2, -0.15) is 0 Å². The van der Waals surface area contributed by atoms with E-state index in [9.17, 15) is 4.79 Å².